The van der Waals surface area contributed by atoms with Crippen LogP contribution in [0.4, 0.5) is 5.69 Å². The molecule has 0 bridgehead atoms. The Balaban J connectivity index is 1.24. The third kappa shape index (κ3) is 6.94. The van der Waals surface area contributed by atoms with E-state index < -0.39 is 0 Å². The topological polar surface area (TPSA) is 81.7 Å². The first-order valence-electron chi connectivity index (χ1n) is 18.2. The summed E-state index contributed by atoms with van der Waals surface area (Å²) < 4.78 is 0. The molecule has 0 saturated heterocycles. The minimum atomic E-state index is 0.550. The van der Waals surface area contributed by atoms with Crippen LogP contribution >= 0.6 is 0 Å². The fourth-order valence-corrected chi connectivity index (χ4v) is 6.65. The first-order chi connectivity index (χ1) is 27.7. The molecule has 0 radical (unpaired) electrons. The zero-order valence-corrected chi connectivity index (χ0v) is 30.0. The average molecular weight is 718 g/mol. The Labute approximate surface area is 324 Å². The molecular formula is C49H31N7. The van der Waals surface area contributed by atoms with Gasteiger partial charge in [0.25, 0.3) is 0 Å². The van der Waals surface area contributed by atoms with Crippen molar-refractivity contribution in [3.05, 3.63) is 199 Å². The van der Waals surface area contributed by atoms with Crippen molar-refractivity contribution in [3.63, 3.8) is 0 Å². The van der Waals surface area contributed by atoms with Gasteiger partial charge in [0.2, 0.25) is 0 Å². The molecule has 7 aromatic carbocycles. The van der Waals surface area contributed by atoms with Crippen LogP contribution in [0.2, 0.25) is 0 Å². The van der Waals surface area contributed by atoms with E-state index in [1.165, 1.54) is 0 Å². The Hall–Kier alpha value is -7.95. The molecule has 9 rings (SSSR count). The van der Waals surface area contributed by atoms with E-state index in [9.17, 15) is 0 Å². The second kappa shape index (κ2) is 15.2. The number of benzene rings is 7. The maximum Gasteiger partial charge on any atom is 0.187 e. The average Bonchev–Trinajstić information content (AvgIpc) is 3.29. The van der Waals surface area contributed by atoms with Crippen LogP contribution in [-0.2, 0) is 0 Å². The van der Waals surface area contributed by atoms with Gasteiger partial charge in [-0.15, -0.1) is 0 Å². The monoisotopic (exact) mass is 717 g/mol. The molecule has 0 fully saturated rings. The van der Waals surface area contributed by atoms with E-state index >= 15 is 0 Å². The highest BCUT2D eigenvalue weighted by Gasteiger charge is 2.20. The van der Waals surface area contributed by atoms with Crippen molar-refractivity contribution in [2.75, 3.05) is 0 Å². The first kappa shape index (κ1) is 33.9. The number of nitrogens with zero attached hydrogens (tertiary/aromatic N) is 7. The Bertz CT molecular complexity index is 2720. The molecule has 0 aliphatic rings. The van der Waals surface area contributed by atoms with Crippen LogP contribution in [-0.4, -0.2) is 29.9 Å². The molecule has 7 nitrogen and oxygen atoms in total. The zero-order chi connectivity index (χ0) is 37.7. The van der Waals surface area contributed by atoms with E-state index in [1.807, 2.05) is 158 Å². The van der Waals surface area contributed by atoms with Gasteiger partial charge in [-0.1, -0.05) is 182 Å². The Morgan fingerprint density at radius 1 is 0.268 bits per heavy atom. The van der Waals surface area contributed by atoms with E-state index in [4.69, 9.17) is 36.5 Å². The summed E-state index contributed by atoms with van der Waals surface area (Å²) in [7, 11) is 0. The lowest BCUT2D eigenvalue weighted by atomic mass is 9.90. The normalized spacial score (nSPS) is 10.8. The van der Waals surface area contributed by atoms with Crippen LogP contribution in [0.1, 0.15) is 0 Å². The van der Waals surface area contributed by atoms with Gasteiger partial charge >= 0.3 is 0 Å². The maximum atomic E-state index is 7.59. The summed E-state index contributed by atoms with van der Waals surface area (Å²) in [6.07, 6.45) is 0. The maximum absolute atomic E-state index is 7.59. The number of hydrogen-bond donors (Lipinski definition) is 0. The summed E-state index contributed by atoms with van der Waals surface area (Å²) in [4.78, 5) is 33.6. The van der Waals surface area contributed by atoms with Crippen molar-refractivity contribution in [3.8, 4) is 90.6 Å². The summed E-state index contributed by atoms with van der Waals surface area (Å²) in [5.41, 5.74) is 9.63. The second-order valence-corrected chi connectivity index (χ2v) is 13.0. The third-order valence-corrected chi connectivity index (χ3v) is 9.44. The van der Waals surface area contributed by atoms with E-state index in [2.05, 4.69) is 35.2 Å². The van der Waals surface area contributed by atoms with Crippen LogP contribution < -0.4 is 0 Å². The van der Waals surface area contributed by atoms with Gasteiger partial charge in [-0.3, -0.25) is 0 Å². The molecule has 0 spiro atoms. The predicted octanol–water partition coefficient (Wildman–Crippen LogP) is 11.9. The molecule has 2 aromatic heterocycles. The molecule has 0 aliphatic carbocycles. The lowest BCUT2D eigenvalue weighted by Gasteiger charge is -2.17. The molecule has 2 heterocycles. The SMILES string of the molecule is [C-]#[N+]c1ccc(-c2cc(-c3nc(-c4ccccc4)nc(-c4ccccc4)n3)ccc2-c2ccccc2-c2nc(-c3ccccc3)nc(-c3ccccc3)n2)cc1. The largest absolute Gasteiger partial charge is 0.238 e. The van der Waals surface area contributed by atoms with E-state index in [0.717, 1.165) is 55.6 Å². The summed E-state index contributed by atoms with van der Waals surface area (Å²) in [6.45, 7) is 7.59. The zero-order valence-electron chi connectivity index (χ0n) is 30.0. The highest BCUT2D eigenvalue weighted by atomic mass is 15.0. The van der Waals surface area contributed by atoms with Gasteiger partial charge in [0.05, 0.1) is 6.57 Å². The Morgan fingerprint density at radius 2 is 0.607 bits per heavy atom. The third-order valence-electron chi connectivity index (χ3n) is 9.44. The van der Waals surface area contributed by atoms with Crippen molar-refractivity contribution in [2.45, 2.75) is 0 Å². The van der Waals surface area contributed by atoms with Gasteiger partial charge in [-0.2, -0.15) is 0 Å². The molecule has 262 valence electrons. The van der Waals surface area contributed by atoms with E-state index in [-0.39, 0.29) is 0 Å². The minimum absolute atomic E-state index is 0.550. The molecule has 9 aromatic rings. The molecule has 0 amide bonds. The van der Waals surface area contributed by atoms with Crippen molar-refractivity contribution in [1.29, 1.82) is 0 Å². The van der Waals surface area contributed by atoms with Crippen molar-refractivity contribution in [1.82, 2.24) is 29.9 Å². The van der Waals surface area contributed by atoms with Crippen LogP contribution in [0.5, 0.6) is 0 Å². The Kier molecular flexibility index (Phi) is 9.18. The molecule has 0 atom stereocenters. The highest BCUT2D eigenvalue weighted by molar-refractivity contribution is 5.92. The van der Waals surface area contributed by atoms with Crippen molar-refractivity contribution >= 4 is 5.69 Å². The van der Waals surface area contributed by atoms with Crippen LogP contribution in [0, 0.1) is 6.57 Å². The van der Waals surface area contributed by atoms with Crippen molar-refractivity contribution in [2.24, 2.45) is 0 Å². The number of hydrogen-bond acceptors (Lipinski definition) is 6. The summed E-state index contributed by atoms with van der Waals surface area (Å²) in [5.74, 6) is 3.47. The van der Waals surface area contributed by atoms with E-state index in [0.29, 0.717) is 40.6 Å². The number of aromatic nitrogens is 6. The molecule has 7 heteroatoms. The number of rotatable bonds is 8. The van der Waals surface area contributed by atoms with Crippen LogP contribution in [0.25, 0.3) is 95.4 Å². The summed E-state index contributed by atoms with van der Waals surface area (Å²) in [6, 6.07) is 62.0. The van der Waals surface area contributed by atoms with Crippen LogP contribution in [0.3, 0.4) is 0 Å². The van der Waals surface area contributed by atoms with Gasteiger partial charge in [-0.25, -0.2) is 34.7 Å². The van der Waals surface area contributed by atoms with Gasteiger partial charge in [0, 0.05) is 33.4 Å². The smallest absolute Gasteiger partial charge is 0.187 e. The van der Waals surface area contributed by atoms with Crippen molar-refractivity contribution < 1.29 is 0 Å². The highest BCUT2D eigenvalue weighted by Crippen LogP contribution is 2.40. The van der Waals surface area contributed by atoms with E-state index in [1.54, 1.807) is 0 Å². The lowest BCUT2D eigenvalue weighted by molar-refractivity contribution is 1.07. The molecular weight excluding hydrogens is 687 g/mol. The fourth-order valence-electron chi connectivity index (χ4n) is 6.65. The second-order valence-electron chi connectivity index (χ2n) is 13.0. The molecule has 0 N–H and O–H groups in total. The minimum Gasteiger partial charge on any atom is -0.238 e. The molecule has 0 saturated carbocycles. The lowest BCUT2D eigenvalue weighted by Crippen LogP contribution is -2.02. The standard InChI is InChI=1S/C49H31N7/c1-50-39-29-26-33(27-30-39)43-32-38(48-53-44(34-16-6-2-7-17-34)51-45(54-48)35-18-8-3-9-19-35)28-31-41(43)40-24-14-15-25-42(40)49-55-46(36-20-10-4-11-21-36)52-47(56-49)37-22-12-5-13-23-37/h2-32H. The summed E-state index contributed by atoms with van der Waals surface area (Å²) >= 11 is 0. The van der Waals surface area contributed by atoms with Gasteiger partial charge < -0.3 is 0 Å². The first-order valence-corrected chi connectivity index (χ1v) is 18.2. The molecule has 0 aliphatic heterocycles. The summed E-state index contributed by atoms with van der Waals surface area (Å²) in [5, 5.41) is 0. The van der Waals surface area contributed by atoms with Gasteiger partial charge in [-0.05, 0) is 28.3 Å². The predicted molar refractivity (Wildman–Crippen MR) is 223 cm³/mol. The van der Waals surface area contributed by atoms with Crippen LogP contribution in [0.15, 0.2) is 188 Å². The van der Waals surface area contributed by atoms with Gasteiger partial charge in [0.1, 0.15) is 0 Å². The molecule has 0 unspecified atom stereocenters. The fraction of sp³-hybridized carbons (Fsp3) is 0. The molecule has 56 heavy (non-hydrogen) atoms. The quantitative estimate of drug-likeness (QED) is 0.146. The Morgan fingerprint density at radius 3 is 1.04 bits per heavy atom. The van der Waals surface area contributed by atoms with Gasteiger partial charge in [0.15, 0.2) is 40.6 Å².